The molecule has 29 heavy (non-hydrogen) atoms. The second kappa shape index (κ2) is 7.63. The SMILES string of the molecule is COc1ccc(-c2cc3nc([C@@H](C)NC(=O)c4cc(C)c(C)s4)nn3cn2)cc1. The van der Waals surface area contributed by atoms with Crippen molar-refractivity contribution in [2.24, 2.45) is 0 Å². The van der Waals surface area contributed by atoms with Crippen molar-refractivity contribution < 1.29 is 9.53 Å². The van der Waals surface area contributed by atoms with Crippen LogP contribution >= 0.6 is 11.3 Å². The number of thiophene rings is 1. The minimum atomic E-state index is -0.324. The van der Waals surface area contributed by atoms with Crippen LogP contribution in [-0.4, -0.2) is 32.6 Å². The lowest BCUT2D eigenvalue weighted by atomic mass is 10.1. The smallest absolute Gasteiger partial charge is 0.261 e. The highest BCUT2D eigenvalue weighted by Gasteiger charge is 2.18. The number of aromatic nitrogens is 4. The Labute approximate surface area is 172 Å². The van der Waals surface area contributed by atoms with Gasteiger partial charge in [0.1, 0.15) is 12.1 Å². The second-order valence-electron chi connectivity index (χ2n) is 6.82. The van der Waals surface area contributed by atoms with E-state index in [0.717, 1.165) is 27.4 Å². The number of fused-ring (bicyclic) bond motifs is 1. The Bertz CT molecular complexity index is 1160. The summed E-state index contributed by atoms with van der Waals surface area (Å²) in [4.78, 5) is 23.4. The molecule has 0 aliphatic rings. The number of amides is 1. The first-order valence-corrected chi connectivity index (χ1v) is 10.0. The molecule has 148 valence electrons. The fraction of sp³-hybridized carbons (Fsp3) is 0.238. The quantitative estimate of drug-likeness (QED) is 0.541. The summed E-state index contributed by atoms with van der Waals surface area (Å²) in [7, 11) is 1.64. The Balaban J connectivity index is 1.55. The van der Waals surface area contributed by atoms with Gasteiger partial charge in [-0.1, -0.05) is 0 Å². The van der Waals surface area contributed by atoms with Gasteiger partial charge in [-0.05, 0) is 56.7 Å². The first-order valence-electron chi connectivity index (χ1n) is 9.19. The van der Waals surface area contributed by atoms with Crippen LogP contribution in [0.5, 0.6) is 5.75 Å². The van der Waals surface area contributed by atoms with E-state index in [2.05, 4.69) is 20.4 Å². The minimum Gasteiger partial charge on any atom is -0.497 e. The number of rotatable bonds is 5. The summed E-state index contributed by atoms with van der Waals surface area (Å²) in [6.07, 6.45) is 1.63. The summed E-state index contributed by atoms with van der Waals surface area (Å²) < 4.78 is 6.81. The Morgan fingerprint density at radius 3 is 2.62 bits per heavy atom. The number of hydrogen-bond donors (Lipinski definition) is 1. The molecule has 1 aromatic carbocycles. The maximum atomic E-state index is 12.5. The molecule has 0 saturated carbocycles. The van der Waals surface area contributed by atoms with Gasteiger partial charge >= 0.3 is 0 Å². The first-order chi connectivity index (χ1) is 13.9. The molecule has 1 amide bonds. The topological polar surface area (TPSA) is 81.4 Å². The number of benzene rings is 1. The van der Waals surface area contributed by atoms with E-state index in [9.17, 15) is 4.79 Å². The molecule has 0 aliphatic carbocycles. The molecule has 7 nitrogen and oxygen atoms in total. The molecule has 0 fully saturated rings. The number of carbonyl (C=O) groups excluding carboxylic acids is 1. The molecule has 0 spiro atoms. The number of ether oxygens (including phenoxy) is 1. The van der Waals surface area contributed by atoms with Crippen LogP contribution in [0.1, 0.15) is 38.9 Å². The summed E-state index contributed by atoms with van der Waals surface area (Å²) in [6.45, 7) is 5.89. The summed E-state index contributed by atoms with van der Waals surface area (Å²) in [6, 6.07) is 11.1. The zero-order valence-corrected chi connectivity index (χ0v) is 17.4. The third kappa shape index (κ3) is 3.84. The van der Waals surface area contributed by atoms with Crippen molar-refractivity contribution in [3.8, 4) is 17.0 Å². The van der Waals surface area contributed by atoms with E-state index in [-0.39, 0.29) is 11.9 Å². The van der Waals surface area contributed by atoms with E-state index in [4.69, 9.17) is 4.74 Å². The van der Waals surface area contributed by atoms with E-state index in [1.165, 1.54) is 11.3 Å². The van der Waals surface area contributed by atoms with Gasteiger partial charge in [0.15, 0.2) is 11.5 Å². The largest absolute Gasteiger partial charge is 0.497 e. The van der Waals surface area contributed by atoms with Crippen molar-refractivity contribution in [1.82, 2.24) is 24.9 Å². The molecular formula is C21H21N5O2S. The van der Waals surface area contributed by atoms with E-state index in [1.807, 2.05) is 57.2 Å². The van der Waals surface area contributed by atoms with Gasteiger partial charge in [-0.3, -0.25) is 4.79 Å². The van der Waals surface area contributed by atoms with Gasteiger partial charge < -0.3 is 10.1 Å². The van der Waals surface area contributed by atoms with Crippen molar-refractivity contribution >= 4 is 22.9 Å². The molecule has 0 unspecified atom stereocenters. The molecular weight excluding hydrogens is 386 g/mol. The molecule has 4 aromatic rings. The van der Waals surface area contributed by atoms with E-state index >= 15 is 0 Å². The summed E-state index contributed by atoms with van der Waals surface area (Å²) in [5.41, 5.74) is 3.54. The van der Waals surface area contributed by atoms with Crippen LogP contribution in [0.3, 0.4) is 0 Å². The monoisotopic (exact) mass is 407 g/mol. The van der Waals surface area contributed by atoms with Gasteiger partial charge in [0.05, 0.1) is 23.7 Å². The maximum Gasteiger partial charge on any atom is 0.261 e. The third-order valence-corrected chi connectivity index (χ3v) is 5.91. The van der Waals surface area contributed by atoms with Crippen LogP contribution in [0.4, 0.5) is 0 Å². The fourth-order valence-electron chi connectivity index (χ4n) is 2.93. The van der Waals surface area contributed by atoms with Crippen molar-refractivity contribution in [2.75, 3.05) is 7.11 Å². The minimum absolute atomic E-state index is 0.116. The maximum absolute atomic E-state index is 12.5. The molecule has 0 radical (unpaired) electrons. The Morgan fingerprint density at radius 2 is 1.97 bits per heavy atom. The molecule has 3 aromatic heterocycles. The van der Waals surface area contributed by atoms with Crippen LogP contribution in [0, 0.1) is 13.8 Å². The molecule has 4 rings (SSSR count). The molecule has 1 atom stereocenters. The van der Waals surface area contributed by atoms with Gasteiger partial charge in [-0.15, -0.1) is 16.4 Å². The average molecular weight is 407 g/mol. The van der Waals surface area contributed by atoms with Crippen LogP contribution in [0.15, 0.2) is 42.7 Å². The lowest BCUT2D eigenvalue weighted by molar-refractivity contribution is 0.0942. The normalized spacial score (nSPS) is 12.1. The van der Waals surface area contributed by atoms with Gasteiger partial charge in [0.25, 0.3) is 5.91 Å². The zero-order chi connectivity index (χ0) is 20.5. The van der Waals surface area contributed by atoms with Crippen molar-refractivity contribution in [2.45, 2.75) is 26.8 Å². The van der Waals surface area contributed by atoms with E-state index < -0.39 is 0 Å². The molecule has 3 heterocycles. The number of hydrogen-bond acceptors (Lipinski definition) is 6. The highest BCUT2D eigenvalue weighted by Crippen LogP contribution is 2.23. The Hall–Kier alpha value is -3.26. The third-order valence-electron chi connectivity index (χ3n) is 4.76. The highest BCUT2D eigenvalue weighted by molar-refractivity contribution is 7.14. The highest BCUT2D eigenvalue weighted by atomic mass is 32.1. The predicted octanol–water partition coefficient (Wildman–Crippen LogP) is 3.97. The number of nitrogens with one attached hydrogen (secondary N) is 1. The molecule has 0 bridgehead atoms. The standard InChI is InChI=1S/C21H21N5O2S/c1-12-9-18(29-14(12)3)21(27)23-13(2)20-24-19-10-17(22-11-26(19)25-20)15-5-7-16(28-4)8-6-15/h5-11,13H,1-4H3,(H,23,27)/t13-/m1/s1. The second-order valence-corrected chi connectivity index (χ2v) is 8.08. The van der Waals surface area contributed by atoms with Gasteiger partial charge in [-0.25, -0.2) is 14.5 Å². The van der Waals surface area contributed by atoms with Crippen molar-refractivity contribution in [1.29, 1.82) is 0 Å². The molecule has 1 N–H and O–H groups in total. The number of nitrogens with zero attached hydrogens (tertiary/aromatic N) is 4. The number of carbonyl (C=O) groups is 1. The van der Waals surface area contributed by atoms with Gasteiger partial charge in [-0.2, -0.15) is 0 Å². The zero-order valence-electron chi connectivity index (χ0n) is 16.6. The lowest BCUT2D eigenvalue weighted by Gasteiger charge is -2.08. The van der Waals surface area contributed by atoms with Crippen LogP contribution in [0.25, 0.3) is 16.9 Å². The van der Waals surface area contributed by atoms with Crippen molar-refractivity contribution in [3.05, 3.63) is 63.9 Å². The molecule has 0 aliphatic heterocycles. The fourth-order valence-corrected chi connectivity index (χ4v) is 3.87. The van der Waals surface area contributed by atoms with Gasteiger partial charge in [0, 0.05) is 16.5 Å². The Morgan fingerprint density at radius 1 is 1.21 bits per heavy atom. The summed E-state index contributed by atoms with van der Waals surface area (Å²) >= 11 is 1.49. The summed E-state index contributed by atoms with van der Waals surface area (Å²) in [5.74, 6) is 1.21. The lowest BCUT2D eigenvalue weighted by Crippen LogP contribution is -2.26. The van der Waals surface area contributed by atoms with E-state index in [1.54, 1.807) is 18.0 Å². The Kier molecular flexibility index (Phi) is 5.02. The van der Waals surface area contributed by atoms with Crippen LogP contribution < -0.4 is 10.1 Å². The number of aryl methyl sites for hydroxylation is 2. The van der Waals surface area contributed by atoms with Gasteiger partial charge in [0.2, 0.25) is 0 Å². The van der Waals surface area contributed by atoms with Crippen LogP contribution in [0.2, 0.25) is 0 Å². The molecule has 0 saturated heterocycles. The summed E-state index contributed by atoms with van der Waals surface area (Å²) in [5, 5.41) is 7.43. The van der Waals surface area contributed by atoms with E-state index in [0.29, 0.717) is 16.3 Å². The molecule has 8 heteroatoms. The first kappa shape index (κ1) is 19.1. The van der Waals surface area contributed by atoms with Crippen LogP contribution in [-0.2, 0) is 0 Å². The average Bonchev–Trinajstić information content (AvgIpc) is 3.31. The number of methoxy groups -OCH3 is 1. The van der Waals surface area contributed by atoms with Crippen molar-refractivity contribution in [3.63, 3.8) is 0 Å². The predicted molar refractivity (Wildman–Crippen MR) is 112 cm³/mol.